The molecule has 0 saturated heterocycles. The summed E-state index contributed by atoms with van der Waals surface area (Å²) in [7, 11) is 1.63. The molecule has 1 aromatic carbocycles. The molecule has 7 heteroatoms. The molecule has 6 nitrogen and oxygen atoms in total. The molecule has 0 aliphatic carbocycles. The van der Waals surface area contributed by atoms with Crippen LogP contribution in [0.1, 0.15) is 0 Å². The van der Waals surface area contributed by atoms with Crippen LogP contribution in [0.2, 0.25) is 0 Å². The van der Waals surface area contributed by atoms with E-state index in [0.717, 1.165) is 0 Å². The quantitative estimate of drug-likeness (QED) is 0.605. The van der Waals surface area contributed by atoms with Gasteiger partial charge in [-0.3, -0.25) is 14.2 Å². The minimum Gasteiger partial charge on any atom is -0.395 e. The fourth-order valence-electron chi connectivity index (χ4n) is 1.70. The fraction of sp³-hybridized carbons (Fsp3) is 0.308. The molecule has 1 heterocycles. The van der Waals surface area contributed by atoms with Crippen molar-refractivity contribution < 1.29 is 9.90 Å². The minimum absolute atomic E-state index is 0.0941. The second-order valence-electron chi connectivity index (χ2n) is 4.14. The van der Waals surface area contributed by atoms with Gasteiger partial charge in [-0.2, -0.15) is 0 Å². The van der Waals surface area contributed by atoms with Gasteiger partial charge in [0.2, 0.25) is 5.91 Å². The molecule has 0 atom stereocenters. The standard InChI is InChI=1S/C13H15N3O3S/c1-16-12(19)9-4-2-3-5-10(9)15-13(16)20-8-11(18)14-6-7-17/h2-5,17H,6-8H2,1H3,(H,14,18). The highest BCUT2D eigenvalue weighted by atomic mass is 32.2. The van der Waals surface area contributed by atoms with Gasteiger partial charge in [-0.25, -0.2) is 4.98 Å². The summed E-state index contributed by atoms with van der Waals surface area (Å²) >= 11 is 1.19. The van der Waals surface area contributed by atoms with Gasteiger partial charge in [-0.1, -0.05) is 23.9 Å². The Hall–Kier alpha value is -1.86. The molecule has 0 aliphatic rings. The van der Waals surface area contributed by atoms with Gasteiger partial charge in [-0.15, -0.1) is 0 Å². The van der Waals surface area contributed by atoms with Crippen molar-refractivity contribution in [2.45, 2.75) is 5.16 Å². The van der Waals surface area contributed by atoms with Crippen molar-refractivity contribution in [2.24, 2.45) is 7.05 Å². The van der Waals surface area contributed by atoms with Crippen LogP contribution in [0.15, 0.2) is 34.2 Å². The summed E-state index contributed by atoms with van der Waals surface area (Å²) in [5.74, 6) is -0.0509. The number of aliphatic hydroxyl groups is 1. The van der Waals surface area contributed by atoms with Crippen molar-refractivity contribution in [1.29, 1.82) is 0 Å². The Kier molecular flexibility index (Phi) is 4.75. The normalized spacial score (nSPS) is 10.7. The number of carbonyl (C=O) groups is 1. The molecule has 0 radical (unpaired) electrons. The third-order valence-electron chi connectivity index (χ3n) is 2.71. The summed E-state index contributed by atoms with van der Waals surface area (Å²) in [6, 6.07) is 7.11. The molecule has 20 heavy (non-hydrogen) atoms. The van der Waals surface area contributed by atoms with E-state index < -0.39 is 0 Å². The smallest absolute Gasteiger partial charge is 0.261 e. The Labute approximate surface area is 119 Å². The number of nitrogens with zero attached hydrogens (tertiary/aromatic N) is 2. The zero-order valence-corrected chi connectivity index (χ0v) is 11.8. The van der Waals surface area contributed by atoms with Gasteiger partial charge in [0.25, 0.3) is 5.56 Å². The zero-order valence-electron chi connectivity index (χ0n) is 11.0. The minimum atomic E-state index is -0.202. The van der Waals surface area contributed by atoms with Crippen molar-refractivity contribution in [2.75, 3.05) is 18.9 Å². The Morgan fingerprint density at radius 1 is 1.45 bits per heavy atom. The fourth-order valence-corrected chi connectivity index (χ4v) is 2.50. The Bertz CT molecular complexity index is 684. The maximum absolute atomic E-state index is 12.1. The average molecular weight is 293 g/mol. The zero-order chi connectivity index (χ0) is 14.5. The van der Waals surface area contributed by atoms with Crippen molar-refractivity contribution in [3.63, 3.8) is 0 Å². The Morgan fingerprint density at radius 2 is 2.20 bits per heavy atom. The summed E-state index contributed by atoms with van der Waals surface area (Å²) in [4.78, 5) is 28.0. The lowest BCUT2D eigenvalue weighted by atomic mass is 10.2. The van der Waals surface area contributed by atoms with E-state index in [0.29, 0.717) is 16.1 Å². The van der Waals surface area contributed by atoms with Crippen LogP contribution in [0.25, 0.3) is 10.9 Å². The van der Waals surface area contributed by atoms with Crippen LogP contribution in [-0.4, -0.2) is 39.5 Å². The summed E-state index contributed by atoms with van der Waals surface area (Å²) in [5.41, 5.74) is 0.489. The predicted octanol–water partition coefficient (Wildman–Crippen LogP) is 0.134. The first-order chi connectivity index (χ1) is 9.63. The predicted molar refractivity (Wildman–Crippen MR) is 77.8 cm³/mol. The van der Waals surface area contributed by atoms with E-state index in [1.54, 1.807) is 25.2 Å². The highest BCUT2D eigenvalue weighted by Crippen LogP contribution is 2.16. The molecule has 0 fully saturated rings. The highest BCUT2D eigenvalue weighted by Gasteiger charge is 2.10. The summed E-state index contributed by atoms with van der Waals surface area (Å²) in [5, 5.41) is 12.2. The topological polar surface area (TPSA) is 84.2 Å². The number of benzene rings is 1. The first-order valence-corrected chi connectivity index (χ1v) is 7.08. The van der Waals surface area contributed by atoms with E-state index in [-0.39, 0.29) is 30.4 Å². The number of aliphatic hydroxyl groups excluding tert-OH is 1. The molecule has 106 valence electrons. The lowest BCUT2D eigenvalue weighted by molar-refractivity contribution is -0.118. The number of nitrogens with one attached hydrogen (secondary N) is 1. The molecular weight excluding hydrogens is 278 g/mol. The lowest BCUT2D eigenvalue weighted by Gasteiger charge is -2.08. The highest BCUT2D eigenvalue weighted by molar-refractivity contribution is 7.99. The van der Waals surface area contributed by atoms with Gasteiger partial charge >= 0.3 is 0 Å². The van der Waals surface area contributed by atoms with Gasteiger partial charge in [0.15, 0.2) is 5.16 Å². The molecule has 2 N–H and O–H groups in total. The number of para-hydroxylation sites is 1. The van der Waals surface area contributed by atoms with Crippen LogP contribution in [0.5, 0.6) is 0 Å². The first-order valence-electron chi connectivity index (χ1n) is 6.09. The Balaban J connectivity index is 2.20. The van der Waals surface area contributed by atoms with E-state index in [9.17, 15) is 9.59 Å². The molecule has 0 unspecified atom stereocenters. The SMILES string of the molecule is Cn1c(SCC(=O)NCCO)nc2ccccc2c1=O. The van der Waals surface area contributed by atoms with Crippen LogP contribution in [0, 0.1) is 0 Å². The van der Waals surface area contributed by atoms with Gasteiger partial charge in [0, 0.05) is 13.6 Å². The molecule has 2 rings (SSSR count). The second kappa shape index (κ2) is 6.53. The molecule has 1 aromatic heterocycles. The van der Waals surface area contributed by atoms with E-state index in [1.165, 1.54) is 16.3 Å². The van der Waals surface area contributed by atoms with Gasteiger partial charge < -0.3 is 10.4 Å². The lowest BCUT2D eigenvalue weighted by Crippen LogP contribution is -2.28. The van der Waals surface area contributed by atoms with Crippen molar-refractivity contribution in [3.8, 4) is 0 Å². The molecule has 0 spiro atoms. The average Bonchev–Trinajstić information content (AvgIpc) is 2.47. The number of fused-ring (bicyclic) bond motifs is 1. The van der Waals surface area contributed by atoms with Crippen molar-refractivity contribution >= 4 is 28.6 Å². The monoisotopic (exact) mass is 293 g/mol. The van der Waals surface area contributed by atoms with E-state index in [1.807, 2.05) is 6.07 Å². The number of rotatable bonds is 5. The van der Waals surface area contributed by atoms with E-state index in [4.69, 9.17) is 5.11 Å². The summed E-state index contributed by atoms with van der Waals surface area (Å²) < 4.78 is 1.44. The summed E-state index contributed by atoms with van der Waals surface area (Å²) in [6.45, 7) is 0.132. The number of hydrogen-bond acceptors (Lipinski definition) is 5. The summed E-state index contributed by atoms with van der Waals surface area (Å²) in [6.07, 6.45) is 0. The second-order valence-corrected chi connectivity index (χ2v) is 5.08. The van der Waals surface area contributed by atoms with E-state index >= 15 is 0 Å². The first kappa shape index (κ1) is 14.5. The number of carbonyl (C=O) groups excluding carboxylic acids is 1. The van der Waals surface area contributed by atoms with Gasteiger partial charge in [0.05, 0.1) is 23.3 Å². The molecule has 2 aromatic rings. The maximum atomic E-state index is 12.1. The number of thioether (sulfide) groups is 1. The van der Waals surface area contributed by atoms with Crippen LogP contribution in [-0.2, 0) is 11.8 Å². The van der Waals surface area contributed by atoms with Crippen LogP contribution in [0.3, 0.4) is 0 Å². The van der Waals surface area contributed by atoms with Crippen LogP contribution < -0.4 is 10.9 Å². The molecule has 0 aliphatic heterocycles. The van der Waals surface area contributed by atoms with Crippen LogP contribution in [0.4, 0.5) is 0 Å². The number of hydrogen-bond donors (Lipinski definition) is 2. The maximum Gasteiger partial charge on any atom is 0.261 e. The van der Waals surface area contributed by atoms with Crippen molar-refractivity contribution in [1.82, 2.24) is 14.9 Å². The van der Waals surface area contributed by atoms with Gasteiger partial charge in [-0.05, 0) is 12.1 Å². The van der Waals surface area contributed by atoms with E-state index in [2.05, 4.69) is 10.3 Å². The largest absolute Gasteiger partial charge is 0.395 e. The van der Waals surface area contributed by atoms with Gasteiger partial charge in [0.1, 0.15) is 0 Å². The molecule has 0 bridgehead atoms. The Morgan fingerprint density at radius 3 is 2.95 bits per heavy atom. The number of aromatic nitrogens is 2. The number of amides is 1. The van der Waals surface area contributed by atoms with Crippen LogP contribution >= 0.6 is 11.8 Å². The third-order valence-corrected chi connectivity index (χ3v) is 3.74. The molecular formula is C13H15N3O3S. The van der Waals surface area contributed by atoms with Crippen molar-refractivity contribution in [3.05, 3.63) is 34.6 Å². The molecule has 1 amide bonds. The third kappa shape index (κ3) is 3.17. The molecule has 0 saturated carbocycles.